The van der Waals surface area contributed by atoms with Crippen molar-refractivity contribution in [1.82, 2.24) is 0 Å². The number of carbonyl (C=O) groups is 2. The Kier molecular flexibility index (Phi) is 308. The Labute approximate surface area is 97.2 Å². The van der Waals surface area contributed by atoms with Gasteiger partial charge in [0, 0.05) is 19.0 Å². The molecule has 10 heteroatoms. The van der Waals surface area contributed by atoms with Gasteiger partial charge in [-0.15, -0.1) is 0 Å². The van der Waals surface area contributed by atoms with E-state index in [1.165, 1.54) is 0 Å². The van der Waals surface area contributed by atoms with Crippen molar-refractivity contribution in [2.24, 2.45) is 0 Å². The van der Waals surface area contributed by atoms with Crippen molar-refractivity contribution >= 4 is 11.9 Å². The molecule has 0 atom stereocenters. The number of hydrogen-bond donors (Lipinski definition) is 1. The molecule has 0 saturated heterocycles. The number of carbonyl (C=O) groups excluding carboxylic acids is 2. The summed E-state index contributed by atoms with van der Waals surface area (Å²) in [6, 6.07) is 0. The van der Waals surface area contributed by atoms with Gasteiger partial charge in [-0.3, -0.25) is 0 Å². The fourth-order valence-corrected chi connectivity index (χ4v) is 0. The van der Waals surface area contributed by atoms with E-state index in [9.17, 15) is 0 Å². The smallest absolute Gasteiger partial charge is 0.550 e. The summed E-state index contributed by atoms with van der Waals surface area (Å²) in [7, 11) is 1.00. The molecule has 0 aromatic heterocycles. The van der Waals surface area contributed by atoms with Crippen LogP contribution in [0.25, 0.3) is 0 Å². The molecule has 9 nitrogen and oxygen atoms in total. The summed E-state index contributed by atoms with van der Waals surface area (Å²) >= 11 is 0. The third-order valence-electron chi connectivity index (χ3n) is 0. The second-order valence-corrected chi connectivity index (χ2v) is 0.983. The topological polar surface area (TPSA) is 226 Å². The fraction of sp³-hybridized carbons (Fsp3) is 0.600. The summed E-state index contributed by atoms with van der Waals surface area (Å²) in [6.45, 7) is 1.94. The summed E-state index contributed by atoms with van der Waals surface area (Å²) in [5, 5.41) is 24.8. The van der Waals surface area contributed by atoms with Crippen LogP contribution < -0.4 is 10.2 Å². The van der Waals surface area contributed by atoms with Crippen LogP contribution in [0.15, 0.2) is 0 Å². The molecular formula is C5H18CoO9. The van der Waals surface area contributed by atoms with E-state index in [1.807, 2.05) is 0 Å². The minimum absolute atomic E-state index is 0. The van der Waals surface area contributed by atoms with Gasteiger partial charge < -0.3 is 46.8 Å². The Balaban J connectivity index is -0.00000000726. The molecular weight excluding hydrogens is 263 g/mol. The number of aliphatic hydroxyl groups excluding tert-OH is 1. The van der Waals surface area contributed by atoms with E-state index in [-0.39, 0.29) is 38.7 Å². The van der Waals surface area contributed by atoms with Gasteiger partial charge in [0.25, 0.3) is 0 Å². The zero-order valence-corrected chi connectivity index (χ0v) is 9.45. The molecule has 0 rings (SSSR count). The van der Waals surface area contributed by atoms with Crippen LogP contribution in [-0.2, 0) is 26.4 Å². The molecule has 1 radical (unpaired) electrons. The minimum atomic E-state index is -1.08. The maximum atomic E-state index is 8.89. The van der Waals surface area contributed by atoms with Gasteiger partial charge in [-0.05, 0) is 13.8 Å². The second-order valence-electron chi connectivity index (χ2n) is 0.983. The van der Waals surface area contributed by atoms with Crippen LogP contribution in [0.5, 0.6) is 0 Å². The van der Waals surface area contributed by atoms with Gasteiger partial charge in [0.15, 0.2) is 0 Å². The fourth-order valence-electron chi connectivity index (χ4n) is 0. The van der Waals surface area contributed by atoms with Crippen molar-refractivity contribution in [2.45, 2.75) is 13.8 Å². The first-order chi connectivity index (χ1) is 4.46. The Morgan fingerprint density at radius 3 is 0.800 bits per heavy atom. The van der Waals surface area contributed by atoms with Crippen molar-refractivity contribution in [2.75, 3.05) is 7.11 Å². The summed E-state index contributed by atoms with van der Waals surface area (Å²) in [5.74, 6) is -2.17. The quantitative estimate of drug-likeness (QED) is 0.455. The number of carboxylic acid groups (broad SMARTS) is 2. The predicted octanol–water partition coefficient (Wildman–Crippen LogP) is -6.18. The van der Waals surface area contributed by atoms with E-state index >= 15 is 0 Å². The van der Waals surface area contributed by atoms with Gasteiger partial charge in [0.2, 0.25) is 0 Å². The molecule has 0 saturated carbocycles. The molecule has 0 fully saturated rings. The van der Waals surface area contributed by atoms with Crippen LogP contribution >= 0.6 is 0 Å². The number of hydrogen-bond acceptors (Lipinski definition) is 5. The van der Waals surface area contributed by atoms with E-state index in [2.05, 4.69) is 0 Å². The van der Waals surface area contributed by atoms with Crippen molar-refractivity contribution in [3.63, 3.8) is 0 Å². The Hall–Kier alpha value is -0.754. The van der Waals surface area contributed by atoms with Crippen LogP contribution in [0, 0.1) is 0 Å². The molecule has 0 aliphatic rings. The van der Waals surface area contributed by atoms with Crippen LogP contribution in [0.2, 0.25) is 0 Å². The Morgan fingerprint density at radius 2 is 0.800 bits per heavy atom. The summed E-state index contributed by atoms with van der Waals surface area (Å²) in [5.41, 5.74) is 0. The standard InChI is InChI=1S/2C2H4O2.CH4O.Co.4H2O/c2*1-2(3)4;1-2;;;;;/h2*1H3,(H,3,4);2H,1H3;;4*1H2/q;;;+2;;;;/p-2. The van der Waals surface area contributed by atoms with Crippen molar-refractivity contribution in [1.29, 1.82) is 0 Å². The maximum Gasteiger partial charge on any atom is 2.00 e. The Morgan fingerprint density at radius 1 is 0.800 bits per heavy atom. The normalized spacial score (nSPS) is 3.73. The summed E-state index contributed by atoms with van der Waals surface area (Å²) < 4.78 is 0. The van der Waals surface area contributed by atoms with Crippen molar-refractivity contribution < 1.29 is 63.6 Å². The third-order valence-corrected chi connectivity index (χ3v) is 0. The summed E-state index contributed by atoms with van der Waals surface area (Å²) in [6.07, 6.45) is 0. The number of carboxylic acids is 2. The van der Waals surface area contributed by atoms with E-state index in [0.717, 1.165) is 21.0 Å². The van der Waals surface area contributed by atoms with Crippen molar-refractivity contribution in [3.8, 4) is 0 Å². The van der Waals surface area contributed by atoms with Gasteiger partial charge in [-0.1, -0.05) is 0 Å². The van der Waals surface area contributed by atoms with Crippen molar-refractivity contribution in [3.05, 3.63) is 0 Å². The zero-order valence-electron chi connectivity index (χ0n) is 8.41. The van der Waals surface area contributed by atoms with E-state index in [4.69, 9.17) is 24.9 Å². The maximum absolute atomic E-state index is 8.89. The number of rotatable bonds is 0. The van der Waals surface area contributed by atoms with Gasteiger partial charge in [0.1, 0.15) is 0 Å². The molecule has 0 bridgehead atoms. The average molecular weight is 281 g/mol. The summed E-state index contributed by atoms with van der Waals surface area (Å²) in [4.78, 5) is 17.8. The molecule has 9 N–H and O–H groups in total. The molecule has 0 heterocycles. The Bertz CT molecular complexity index is 76.5. The van der Waals surface area contributed by atoms with Gasteiger partial charge >= 0.3 is 16.8 Å². The molecule has 0 aliphatic carbocycles. The first-order valence-corrected chi connectivity index (χ1v) is 2.26. The van der Waals surface area contributed by atoms with E-state index < -0.39 is 11.9 Å². The zero-order chi connectivity index (χ0) is 9.15. The molecule has 0 aromatic rings. The predicted molar refractivity (Wildman–Crippen MR) is 44.0 cm³/mol. The van der Waals surface area contributed by atoms with Gasteiger partial charge in [-0.25, -0.2) is 0 Å². The van der Waals surface area contributed by atoms with E-state index in [0.29, 0.717) is 0 Å². The molecule has 0 aliphatic heterocycles. The van der Waals surface area contributed by atoms with Crippen LogP contribution in [0.1, 0.15) is 13.8 Å². The first-order valence-electron chi connectivity index (χ1n) is 2.26. The number of aliphatic carboxylic acids is 2. The SMILES string of the molecule is CC(=O)[O-].CC(=O)[O-].CO.O.O.O.O.[Co+2]. The molecule has 0 unspecified atom stereocenters. The third kappa shape index (κ3) is 2950. The average Bonchev–Trinajstić information content (AvgIpc) is 1.66. The van der Waals surface area contributed by atoms with Crippen LogP contribution in [0.3, 0.4) is 0 Å². The molecule has 0 spiro atoms. The van der Waals surface area contributed by atoms with Gasteiger partial charge in [-0.2, -0.15) is 0 Å². The molecule has 0 amide bonds. The first kappa shape index (κ1) is 64.1. The molecule has 0 aromatic carbocycles. The molecule has 101 valence electrons. The monoisotopic (exact) mass is 281 g/mol. The van der Waals surface area contributed by atoms with Gasteiger partial charge in [0.05, 0.1) is 0 Å². The second kappa shape index (κ2) is 72.2. The minimum Gasteiger partial charge on any atom is -0.550 e. The number of aliphatic hydroxyl groups is 1. The van der Waals surface area contributed by atoms with E-state index in [1.54, 1.807) is 0 Å². The van der Waals surface area contributed by atoms with Crippen LogP contribution in [0.4, 0.5) is 0 Å². The molecule has 15 heavy (non-hydrogen) atoms. The van der Waals surface area contributed by atoms with Crippen LogP contribution in [-0.4, -0.2) is 46.1 Å². The largest absolute Gasteiger partial charge is 2.00 e.